The molecule has 1 heterocycles. The third kappa shape index (κ3) is 4.07. The smallest absolute Gasteiger partial charge is 0.0591 e. The van der Waals surface area contributed by atoms with Gasteiger partial charge in [-0.25, -0.2) is 0 Å². The minimum absolute atomic E-state index is 0.488. The van der Waals surface area contributed by atoms with Crippen LogP contribution in [-0.2, 0) is 4.74 Å². The van der Waals surface area contributed by atoms with E-state index >= 15 is 0 Å². The van der Waals surface area contributed by atoms with Crippen LogP contribution in [0.2, 0.25) is 0 Å². The summed E-state index contributed by atoms with van der Waals surface area (Å²) < 4.78 is 5.27. The SMILES string of the molecule is CC(C)(O)CCC1CCOCC1. The molecule has 0 spiro atoms. The van der Waals surface area contributed by atoms with Gasteiger partial charge < -0.3 is 9.84 Å². The summed E-state index contributed by atoms with van der Waals surface area (Å²) in [6.07, 6.45) is 4.41. The van der Waals surface area contributed by atoms with E-state index in [2.05, 4.69) is 0 Å². The van der Waals surface area contributed by atoms with Crippen molar-refractivity contribution in [2.75, 3.05) is 13.2 Å². The molecule has 0 aromatic carbocycles. The molecular weight excluding hydrogens is 152 g/mol. The van der Waals surface area contributed by atoms with Gasteiger partial charge in [-0.05, 0) is 45.4 Å². The lowest BCUT2D eigenvalue weighted by molar-refractivity contribution is 0.0364. The minimum Gasteiger partial charge on any atom is -0.390 e. The van der Waals surface area contributed by atoms with Crippen molar-refractivity contribution in [2.45, 2.75) is 45.1 Å². The highest BCUT2D eigenvalue weighted by Crippen LogP contribution is 2.23. The highest BCUT2D eigenvalue weighted by Gasteiger charge is 2.18. The summed E-state index contributed by atoms with van der Waals surface area (Å²) in [5.41, 5.74) is -0.488. The van der Waals surface area contributed by atoms with Crippen LogP contribution in [0.25, 0.3) is 0 Å². The van der Waals surface area contributed by atoms with Crippen molar-refractivity contribution < 1.29 is 9.84 Å². The summed E-state index contributed by atoms with van der Waals surface area (Å²) in [5.74, 6) is 0.783. The lowest BCUT2D eigenvalue weighted by atomic mass is 9.90. The Bertz CT molecular complexity index is 120. The largest absolute Gasteiger partial charge is 0.390 e. The van der Waals surface area contributed by atoms with Crippen LogP contribution in [0.5, 0.6) is 0 Å². The number of hydrogen-bond donors (Lipinski definition) is 1. The van der Waals surface area contributed by atoms with Crippen molar-refractivity contribution in [3.05, 3.63) is 0 Å². The summed E-state index contributed by atoms with van der Waals surface area (Å²) in [5, 5.41) is 9.52. The summed E-state index contributed by atoms with van der Waals surface area (Å²) in [7, 11) is 0. The molecule has 72 valence electrons. The summed E-state index contributed by atoms with van der Waals surface area (Å²) in [6, 6.07) is 0. The molecule has 1 saturated heterocycles. The Labute approximate surface area is 74.9 Å². The fourth-order valence-corrected chi connectivity index (χ4v) is 1.59. The lowest BCUT2D eigenvalue weighted by Gasteiger charge is -2.25. The van der Waals surface area contributed by atoms with Crippen LogP contribution in [0.1, 0.15) is 39.5 Å². The Morgan fingerprint density at radius 3 is 2.42 bits per heavy atom. The molecule has 12 heavy (non-hydrogen) atoms. The van der Waals surface area contributed by atoms with Crippen LogP contribution >= 0.6 is 0 Å². The Kier molecular flexibility index (Phi) is 3.53. The highest BCUT2D eigenvalue weighted by atomic mass is 16.5. The van der Waals surface area contributed by atoms with Crippen LogP contribution in [0.4, 0.5) is 0 Å². The molecule has 0 unspecified atom stereocenters. The maximum atomic E-state index is 9.52. The number of hydrogen-bond acceptors (Lipinski definition) is 2. The second kappa shape index (κ2) is 4.24. The van der Waals surface area contributed by atoms with Gasteiger partial charge in [-0.2, -0.15) is 0 Å². The maximum absolute atomic E-state index is 9.52. The van der Waals surface area contributed by atoms with Crippen LogP contribution in [0.3, 0.4) is 0 Å². The van der Waals surface area contributed by atoms with E-state index in [0.29, 0.717) is 0 Å². The zero-order valence-electron chi connectivity index (χ0n) is 8.18. The molecule has 2 nitrogen and oxygen atoms in total. The molecule has 0 radical (unpaired) electrons. The average Bonchev–Trinajstić information content (AvgIpc) is 2.02. The van der Waals surface area contributed by atoms with E-state index < -0.39 is 5.60 Å². The van der Waals surface area contributed by atoms with E-state index in [-0.39, 0.29) is 0 Å². The van der Waals surface area contributed by atoms with Crippen LogP contribution in [-0.4, -0.2) is 23.9 Å². The number of rotatable bonds is 3. The van der Waals surface area contributed by atoms with E-state index in [9.17, 15) is 5.11 Å². The first-order chi connectivity index (χ1) is 5.58. The third-order valence-electron chi connectivity index (χ3n) is 2.51. The predicted molar refractivity (Wildman–Crippen MR) is 49.1 cm³/mol. The second-order valence-corrected chi connectivity index (χ2v) is 4.41. The Morgan fingerprint density at radius 2 is 1.92 bits per heavy atom. The zero-order valence-corrected chi connectivity index (χ0v) is 8.18. The van der Waals surface area contributed by atoms with Crippen molar-refractivity contribution in [3.63, 3.8) is 0 Å². The van der Waals surface area contributed by atoms with Gasteiger partial charge in [-0.1, -0.05) is 0 Å². The van der Waals surface area contributed by atoms with E-state index in [4.69, 9.17) is 4.74 Å². The van der Waals surface area contributed by atoms with E-state index in [1.165, 1.54) is 12.8 Å². The van der Waals surface area contributed by atoms with Gasteiger partial charge in [0.2, 0.25) is 0 Å². The van der Waals surface area contributed by atoms with Gasteiger partial charge in [-0.3, -0.25) is 0 Å². The molecule has 1 N–H and O–H groups in total. The van der Waals surface area contributed by atoms with Gasteiger partial charge in [0.15, 0.2) is 0 Å². The van der Waals surface area contributed by atoms with Gasteiger partial charge >= 0.3 is 0 Å². The average molecular weight is 172 g/mol. The second-order valence-electron chi connectivity index (χ2n) is 4.41. The van der Waals surface area contributed by atoms with Crippen molar-refractivity contribution in [2.24, 2.45) is 5.92 Å². The third-order valence-corrected chi connectivity index (χ3v) is 2.51. The summed E-state index contributed by atoms with van der Waals surface area (Å²) >= 11 is 0. The topological polar surface area (TPSA) is 29.5 Å². The van der Waals surface area contributed by atoms with E-state index in [0.717, 1.165) is 32.0 Å². The number of aliphatic hydroxyl groups is 1. The molecule has 1 aliphatic heterocycles. The molecule has 0 atom stereocenters. The summed E-state index contributed by atoms with van der Waals surface area (Å²) in [4.78, 5) is 0. The molecule has 0 aromatic heterocycles. The quantitative estimate of drug-likeness (QED) is 0.705. The summed E-state index contributed by atoms with van der Waals surface area (Å²) in [6.45, 7) is 5.59. The first-order valence-corrected chi connectivity index (χ1v) is 4.88. The normalized spacial score (nSPS) is 21.2. The van der Waals surface area contributed by atoms with Crippen LogP contribution in [0.15, 0.2) is 0 Å². The molecule has 0 bridgehead atoms. The molecular formula is C10H20O2. The van der Waals surface area contributed by atoms with Crippen LogP contribution in [0, 0.1) is 5.92 Å². The van der Waals surface area contributed by atoms with Crippen molar-refractivity contribution >= 4 is 0 Å². The standard InChI is InChI=1S/C10H20O2/c1-10(2,11)6-3-9-4-7-12-8-5-9/h9,11H,3-8H2,1-2H3. The maximum Gasteiger partial charge on any atom is 0.0591 e. The first kappa shape index (κ1) is 10.0. The Hall–Kier alpha value is -0.0800. The predicted octanol–water partition coefficient (Wildman–Crippen LogP) is 1.96. The molecule has 1 fully saturated rings. The fraction of sp³-hybridized carbons (Fsp3) is 1.00. The molecule has 0 amide bonds. The monoisotopic (exact) mass is 172 g/mol. The van der Waals surface area contributed by atoms with Crippen molar-refractivity contribution in [3.8, 4) is 0 Å². The van der Waals surface area contributed by atoms with Gasteiger partial charge in [0.05, 0.1) is 5.60 Å². The van der Waals surface area contributed by atoms with Crippen molar-refractivity contribution in [1.82, 2.24) is 0 Å². The number of ether oxygens (including phenoxy) is 1. The fourth-order valence-electron chi connectivity index (χ4n) is 1.59. The first-order valence-electron chi connectivity index (χ1n) is 4.88. The van der Waals surface area contributed by atoms with Gasteiger partial charge in [0.25, 0.3) is 0 Å². The molecule has 1 aliphatic rings. The van der Waals surface area contributed by atoms with Gasteiger partial charge in [0.1, 0.15) is 0 Å². The molecule has 0 aromatic rings. The van der Waals surface area contributed by atoms with Gasteiger partial charge in [0, 0.05) is 13.2 Å². The molecule has 1 rings (SSSR count). The molecule has 2 heteroatoms. The molecule has 0 aliphatic carbocycles. The van der Waals surface area contributed by atoms with Crippen molar-refractivity contribution in [1.29, 1.82) is 0 Å². The Morgan fingerprint density at radius 1 is 1.33 bits per heavy atom. The lowest BCUT2D eigenvalue weighted by Crippen LogP contribution is -2.22. The molecule has 0 saturated carbocycles. The zero-order chi connectivity index (χ0) is 9.03. The van der Waals surface area contributed by atoms with Gasteiger partial charge in [-0.15, -0.1) is 0 Å². The van der Waals surface area contributed by atoms with Crippen LogP contribution < -0.4 is 0 Å². The Balaban J connectivity index is 2.13. The van der Waals surface area contributed by atoms with E-state index in [1.54, 1.807) is 0 Å². The highest BCUT2D eigenvalue weighted by molar-refractivity contribution is 4.70. The minimum atomic E-state index is -0.488. The van der Waals surface area contributed by atoms with E-state index in [1.807, 2.05) is 13.8 Å².